The van der Waals surface area contributed by atoms with Crippen molar-refractivity contribution in [1.29, 1.82) is 0 Å². The van der Waals surface area contributed by atoms with Crippen LogP contribution in [0.15, 0.2) is 34.9 Å². The summed E-state index contributed by atoms with van der Waals surface area (Å²) in [5.41, 5.74) is 1.96. The Labute approximate surface area is 106 Å². The second kappa shape index (κ2) is 5.31. The molecule has 2 rings (SSSR count). The molecule has 0 aliphatic rings. The number of hydrogen-bond donors (Lipinski definition) is 0. The first-order valence-electron chi connectivity index (χ1n) is 5.94. The van der Waals surface area contributed by atoms with Crippen LogP contribution in [0.5, 0.6) is 0 Å². The molecule has 0 saturated carbocycles. The minimum Gasteiger partial charge on any atom is -0.360 e. The van der Waals surface area contributed by atoms with Gasteiger partial charge in [0.25, 0.3) is 0 Å². The number of aryl methyl sites for hydroxylation is 1. The molecular weight excluding hydrogens is 231 g/mol. The van der Waals surface area contributed by atoms with E-state index in [1.807, 2.05) is 32.2 Å². The molecule has 1 heterocycles. The summed E-state index contributed by atoms with van der Waals surface area (Å²) >= 11 is 0. The van der Waals surface area contributed by atoms with Crippen molar-refractivity contribution in [1.82, 2.24) is 10.1 Å². The molecule has 0 aliphatic heterocycles. The van der Waals surface area contributed by atoms with Gasteiger partial charge in [0.05, 0.1) is 12.2 Å². The molecule has 18 heavy (non-hydrogen) atoms. The quantitative estimate of drug-likeness (QED) is 0.831. The molecule has 1 aromatic carbocycles. The lowest BCUT2D eigenvalue weighted by molar-refractivity contribution is 0.220. The third-order valence-corrected chi connectivity index (χ3v) is 3.10. The third kappa shape index (κ3) is 2.96. The van der Waals surface area contributed by atoms with Crippen LogP contribution in [0.3, 0.4) is 0 Å². The zero-order valence-electron chi connectivity index (χ0n) is 10.9. The first-order valence-corrected chi connectivity index (χ1v) is 5.94. The Morgan fingerprint density at radius 2 is 2.00 bits per heavy atom. The summed E-state index contributed by atoms with van der Waals surface area (Å²) in [6.45, 7) is 4.66. The molecule has 1 atom stereocenters. The summed E-state index contributed by atoms with van der Waals surface area (Å²) in [6.07, 6.45) is 0. The third-order valence-electron chi connectivity index (χ3n) is 3.10. The zero-order valence-corrected chi connectivity index (χ0v) is 10.9. The second-order valence-corrected chi connectivity index (χ2v) is 4.58. The average Bonchev–Trinajstić information content (AvgIpc) is 2.75. The maximum Gasteiger partial charge on any atom is 0.150 e. The lowest BCUT2D eigenvalue weighted by Crippen LogP contribution is -2.21. The Hall–Kier alpha value is -1.68. The number of nitrogens with zero attached hydrogens (tertiary/aromatic N) is 2. The number of hydrogen-bond acceptors (Lipinski definition) is 3. The highest BCUT2D eigenvalue weighted by Crippen LogP contribution is 2.21. The van der Waals surface area contributed by atoms with Gasteiger partial charge >= 0.3 is 0 Å². The summed E-state index contributed by atoms with van der Waals surface area (Å²) in [7, 11) is 2.01. The molecule has 0 saturated heterocycles. The molecule has 0 N–H and O–H groups in total. The largest absolute Gasteiger partial charge is 0.360 e. The molecule has 0 spiro atoms. The van der Waals surface area contributed by atoms with E-state index >= 15 is 0 Å². The normalized spacial score (nSPS) is 12.9. The molecule has 3 nitrogen and oxygen atoms in total. The molecule has 1 aromatic heterocycles. The zero-order chi connectivity index (χ0) is 13.1. The van der Waals surface area contributed by atoms with E-state index in [1.54, 1.807) is 0 Å². The fourth-order valence-corrected chi connectivity index (χ4v) is 1.87. The minimum atomic E-state index is -0.209. The molecule has 0 bridgehead atoms. The SMILES string of the molecule is Cc1cc(CN(C)[C@@H](C)c2ccc(F)cc2)on1. The van der Waals surface area contributed by atoms with E-state index in [2.05, 4.69) is 17.0 Å². The molecule has 0 radical (unpaired) electrons. The molecule has 0 unspecified atom stereocenters. The highest BCUT2D eigenvalue weighted by atomic mass is 19.1. The van der Waals surface area contributed by atoms with Gasteiger partial charge in [-0.2, -0.15) is 0 Å². The smallest absolute Gasteiger partial charge is 0.150 e. The first-order chi connectivity index (χ1) is 8.56. The topological polar surface area (TPSA) is 29.3 Å². The lowest BCUT2D eigenvalue weighted by atomic mass is 10.1. The van der Waals surface area contributed by atoms with E-state index in [9.17, 15) is 4.39 Å². The van der Waals surface area contributed by atoms with Crippen LogP contribution in [0.1, 0.15) is 30.0 Å². The number of benzene rings is 1. The van der Waals surface area contributed by atoms with Gasteiger partial charge in [0, 0.05) is 12.1 Å². The Morgan fingerprint density at radius 3 is 2.56 bits per heavy atom. The summed E-state index contributed by atoms with van der Waals surface area (Å²) in [6, 6.07) is 8.70. The van der Waals surface area contributed by atoms with Crippen molar-refractivity contribution in [2.75, 3.05) is 7.05 Å². The standard InChI is InChI=1S/C14H17FN2O/c1-10-8-14(18-16-10)9-17(3)11(2)12-4-6-13(15)7-5-12/h4-8,11H,9H2,1-3H3/t11-/m0/s1. The van der Waals surface area contributed by atoms with E-state index in [-0.39, 0.29) is 11.9 Å². The van der Waals surface area contributed by atoms with Crippen molar-refractivity contribution in [3.05, 3.63) is 53.2 Å². The van der Waals surface area contributed by atoms with Crippen molar-refractivity contribution in [3.8, 4) is 0 Å². The van der Waals surface area contributed by atoms with Gasteiger partial charge in [0.15, 0.2) is 5.76 Å². The van der Waals surface area contributed by atoms with Gasteiger partial charge in [-0.25, -0.2) is 4.39 Å². The van der Waals surface area contributed by atoms with Crippen LogP contribution in [0.4, 0.5) is 4.39 Å². The molecule has 4 heteroatoms. The monoisotopic (exact) mass is 248 g/mol. The minimum absolute atomic E-state index is 0.191. The Kier molecular flexibility index (Phi) is 3.77. The number of aromatic nitrogens is 1. The molecule has 0 aliphatic carbocycles. The van der Waals surface area contributed by atoms with Gasteiger partial charge < -0.3 is 4.52 Å². The van der Waals surface area contributed by atoms with Crippen molar-refractivity contribution in [2.24, 2.45) is 0 Å². The van der Waals surface area contributed by atoms with Crippen LogP contribution >= 0.6 is 0 Å². The fourth-order valence-electron chi connectivity index (χ4n) is 1.87. The van der Waals surface area contributed by atoms with Crippen LogP contribution in [-0.2, 0) is 6.54 Å². The maximum absolute atomic E-state index is 12.9. The van der Waals surface area contributed by atoms with Gasteiger partial charge in [-0.05, 0) is 38.6 Å². The summed E-state index contributed by atoms with van der Waals surface area (Å²) in [5, 5.41) is 3.86. The van der Waals surface area contributed by atoms with Crippen molar-refractivity contribution in [2.45, 2.75) is 26.4 Å². The van der Waals surface area contributed by atoms with Crippen LogP contribution < -0.4 is 0 Å². The lowest BCUT2D eigenvalue weighted by Gasteiger charge is -2.23. The van der Waals surface area contributed by atoms with Crippen molar-refractivity contribution in [3.63, 3.8) is 0 Å². The summed E-state index contributed by atoms with van der Waals surface area (Å²) in [5.74, 6) is 0.628. The Bertz CT molecular complexity index is 507. The van der Waals surface area contributed by atoms with Gasteiger partial charge in [0.2, 0.25) is 0 Å². The van der Waals surface area contributed by atoms with Gasteiger partial charge in [-0.1, -0.05) is 17.3 Å². The Morgan fingerprint density at radius 1 is 1.33 bits per heavy atom. The number of halogens is 1. The molecule has 96 valence electrons. The van der Waals surface area contributed by atoms with E-state index in [0.717, 1.165) is 17.0 Å². The van der Waals surface area contributed by atoms with E-state index < -0.39 is 0 Å². The summed E-state index contributed by atoms with van der Waals surface area (Å²) < 4.78 is 18.1. The molecule has 2 aromatic rings. The van der Waals surface area contributed by atoms with Gasteiger partial charge in [-0.3, -0.25) is 4.90 Å². The average molecular weight is 248 g/mol. The van der Waals surface area contributed by atoms with Crippen LogP contribution in [0.2, 0.25) is 0 Å². The van der Waals surface area contributed by atoms with Crippen LogP contribution in [-0.4, -0.2) is 17.1 Å². The van der Waals surface area contributed by atoms with E-state index in [1.165, 1.54) is 12.1 Å². The maximum atomic E-state index is 12.9. The Balaban J connectivity index is 2.04. The predicted molar refractivity (Wildman–Crippen MR) is 67.5 cm³/mol. The van der Waals surface area contributed by atoms with E-state index in [0.29, 0.717) is 6.54 Å². The molecule has 0 amide bonds. The molecule has 0 fully saturated rings. The highest BCUT2D eigenvalue weighted by Gasteiger charge is 2.14. The van der Waals surface area contributed by atoms with Gasteiger partial charge in [0.1, 0.15) is 5.82 Å². The van der Waals surface area contributed by atoms with Crippen molar-refractivity contribution < 1.29 is 8.91 Å². The van der Waals surface area contributed by atoms with Crippen LogP contribution in [0, 0.1) is 12.7 Å². The van der Waals surface area contributed by atoms with Crippen LogP contribution in [0.25, 0.3) is 0 Å². The predicted octanol–water partition coefficient (Wildman–Crippen LogP) is 3.32. The van der Waals surface area contributed by atoms with E-state index in [4.69, 9.17) is 4.52 Å². The van der Waals surface area contributed by atoms with Gasteiger partial charge in [-0.15, -0.1) is 0 Å². The first kappa shape index (κ1) is 12.8. The molecular formula is C14H17FN2O. The number of rotatable bonds is 4. The van der Waals surface area contributed by atoms with Crippen molar-refractivity contribution >= 4 is 0 Å². The highest BCUT2D eigenvalue weighted by molar-refractivity contribution is 5.19. The second-order valence-electron chi connectivity index (χ2n) is 4.58. The fraction of sp³-hybridized carbons (Fsp3) is 0.357. The summed E-state index contributed by atoms with van der Waals surface area (Å²) in [4.78, 5) is 2.13.